The van der Waals surface area contributed by atoms with Crippen LogP contribution in [-0.2, 0) is 0 Å². The van der Waals surface area contributed by atoms with Crippen molar-refractivity contribution in [3.05, 3.63) is 38.8 Å². The van der Waals surface area contributed by atoms with Crippen molar-refractivity contribution in [2.24, 2.45) is 0 Å². The summed E-state index contributed by atoms with van der Waals surface area (Å²) in [6.45, 7) is 6.29. The van der Waals surface area contributed by atoms with E-state index in [-0.39, 0.29) is 0 Å². The van der Waals surface area contributed by atoms with E-state index in [0.717, 1.165) is 29.0 Å². The topological polar surface area (TPSA) is 12.0 Å². The van der Waals surface area contributed by atoms with Crippen LogP contribution in [0.15, 0.2) is 28.2 Å². The molecule has 3 heteroatoms. The molecule has 0 amide bonds. The maximum Gasteiger partial charge on any atom is 0.0417 e. The highest BCUT2D eigenvalue weighted by Crippen LogP contribution is 2.23. The van der Waals surface area contributed by atoms with Crippen LogP contribution in [0.3, 0.4) is 0 Å². The van der Waals surface area contributed by atoms with E-state index < -0.39 is 0 Å². The molecule has 0 saturated carbocycles. The van der Waals surface area contributed by atoms with Gasteiger partial charge in [-0.05, 0) is 37.6 Å². The van der Waals surface area contributed by atoms with Gasteiger partial charge in [0, 0.05) is 16.0 Å². The largest absolute Gasteiger partial charge is 0.313 e. The second-order valence-electron chi connectivity index (χ2n) is 3.83. The van der Waals surface area contributed by atoms with Gasteiger partial charge < -0.3 is 5.32 Å². The molecule has 88 valence electrons. The molecule has 0 bridgehead atoms. The van der Waals surface area contributed by atoms with Gasteiger partial charge in [0.15, 0.2) is 0 Å². The van der Waals surface area contributed by atoms with E-state index in [2.05, 4.69) is 41.2 Å². The second-order valence-corrected chi connectivity index (χ2v) is 5.12. The molecule has 16 heavy (non-hydrogen) atoms. The molecule has 1 nitrogen and oxygen atoms in total. The van der Waals surface area contributed by atoms with E-state index in [9.17, 15) is 0 Å². The average Bonchev–Trinajstić information content (AvgIpc) is 2.23. The number of benzene rings is 1. The minimum atomic E-state index is 0.755. The van der Waals surface area contributed by atoms with Crippen LogP contribution in [0.25, 0.3) is 6.08 Å². The number of hydrogen-bond donors (Lipinski definition) is 1. The van der Waals surface area contributed by atoms with E-state index in [4.69, 9.17) is 11.6 Å². The molecule has 1 aromatic rings. The van der Waals surface area contributed by atoms with Crippen molar-refractivity contribution < 1.29 is 0 Å². The first-order valence-corrected chi connectivity index (χ1v) is 6.63. The van der Waals surface area contributed by atoms with Gasteiger partial charge in [-0.15, -0.1) is 0 Å². The molecule has 1 N–H and O–H groups in total. The Hall–Kier alpha value is -0.310. The normalized spacial score (nSPS) is 11.9. The second kappa shape index (κ2) is 7.10. The SMILES string of the molecule is CCCNC/C(C)=C/c1ccc(Cl)cc1Br. The predicted molar refractivity (Wildman–Crippen MR) is 76.0 cm³/mol. The minimum Gasteiger partial charge on any atom is -0.313 e. The zero-order valence-electron chi connectivity index (χ0n) is 9.69. The van der Waals surface area contributed by atoms with E-state index in [1.54, 1.807) is 0 Å². The highest BCUT2D eigenvalue weighted by Gasteiger charge is 1.98. The lowest BCUT2D eigenvalue weighted by molar-refractivity contribution is 0.715. The maximum absolute atomic E-state index is 5.89. The molecular weight excluding hydrogens is 286 g/mol. The van der Waals surface area contributed by atoms with Gasteiger partial charge in [-0.3, -0.25) is 0 Å². The van der Waals surface area contributed by atoms with Crippen LogP contribution in [0.5, 0.6) is 0 Å². The number of hydrogen-bond acceptors (Lipinski definition) is 1. The first kappa shape index (κ1) is 13.8. The van der Waals surface area contributed by atoms with Crippen LogP contribution in [-0.4, -0.2) is 13.1 Å². The fourth-order valence-electron chi connectivity index (χ4n) is 1.40. The van der Waals surface area contributed by atoms with Crippen LogP contribution < -0.4 is 5.32 Å². The zero-order chi connectivity index (χ0) is 12.0. The summed E-state index contributed by atoms with van der Waals surface area (Å²) in [6.07, 6.45) is 3.33. The smallest absolute Gasteiger partial charge is 0.0417 e. The molecule has 0 aromatic heterocycles. The molecule has 0 unspecified atom stereocenters. The molecule has 0 atom stereocenters. The highest BCUT2D eigenvalue weighted by atomic mass is 79.9. The molecular formula is C13H17BrClN. The Morgan fingerprint density at radius 3 is 2.88 bits per heavy atom. The molecule has 1 aromatic carbocycles. The fraction of sp³-hybridized carbons (Fsp3) is 0.385. The Bertz CT molecular complexity index is 374. The van der Waals surface area contributed by atoms with Gasteiger partial charge in [0.1, 0.15) is 0 Å². The van der Waals surface area contributed by atoms with Crippen molar-refractivity contribution in [1.29, 1.82) is 0 Å². The number of nitrogens with one attached hydrogen (secondary N) is 1. The monoisotopic (exact) mass is 301 g/mol. The average molecular weight is 303 g/mol. The van der Waals surface area contributed by atoms with Crippen molar-refractivity contribution in [2.75, 3.05) is 13.1 Å². The van der Waals surface area contributed by atoms with Crippen LogP contribution in [0.2, 0.25) is 5.02 Å². The van der Waals surface area contributed by atoms with E-state index in [1.807, 2.05) is 18.2 Å². The minimum absolute atomic E-state index is 0.755. The van der Waals surface area contributed by atoms with Crippen molar-refractivity contribution in [1.82, 2.24) is 5.32 Å². The summed E-state index contributed by atoms with van der Waals surface area (Å²) < 4.78 is 1.04. The summed E-state index contributed by atoms with van der Waals surface area (Å²) in [5.41, 5.74) is 2.48. The third-order valence-electron chi connectivity index (χ3n) is 2.20. The lowest BCUT2D eigenvalue weighted by Gasteiger charge is -2.05. The molecule has 0 radical (unpaired) electrons. The van der Waals surface area contributed by atoms with Crippen LogP contribution >= 0.6 is 27.5 Å². The lowest BCUT2D eigenvalue weighted by Crippen LogP contribution is -2.16. The summed E-state index contributed by atoms with van der Waals surface area (Å²) in [7, 11) is 0. The standard InChI is InChI=1S/C13H17BrClN/c1-3-6-16-9-10(2)7-11-4-5-12(15)8-13(11)14/h4-5,7-8,16H,3,6,9H2,1-2H3/b10-7+. The third kappa shape index (κ3) is 4.69. The van der Waals surface area contributed by atoms with Gasteiger partial charge in [0.2, 0.25) is 0 Å². The van der Waals surface area contributed by atoms with Crippen LogP contribution in [0, 0.1) is 0 Å². The maximum atomic E-state index is 5.89. The van der Waals surface area contributed by atoms with Gasteiger partial charge in [-0.25, -0.2) is 0 Å². The van der Waals surface area contributed by atoms with Crippen molar-refractivity contribution in [3.63, 3.8) is 0 Å². The van der Waals surface area contributed by atoms with Crippen molar-refractivity contribution in [2.45, 2.75) is 20.3 Å². The fourth-order valence-corrected chi connectivity index (χ4v) is 2.19. The van der Waals surface area contributed by atoms with Gasteiger partial charge in [-0.2, -0.15) is 0 Å². The summed E-state index contributed by atoms with van der Waals surface area (Å²) in [4.78, 5) is 0. The van der Waals surface area contributed by atoms with Gasteiger partial charge in [0.05, 0.1) is 0 Å². The van der Waals surface area contributed by atoms with Gasteiger partial charge in [0.25, 0.3) is 0 Å². The Balaban J connectivity index is 2.66. The highest BCUT2D eigenvalue weighted by molar-refractivity contribution is 9.10. The molecule has 0 aliphatic carbocycles. The van der Waals surface area contributed by atoms with Crippen molar-refractivity contribution >= 4 is 33.6 Å². The van der Waals surface area contributed by atoms with Crippen LogP contribution in [0.1, 0.15) is 25.8 Å². The van der Waals surface area contributed by atoms with E-state index in [1.165, 1.54) is 11.1 Å². The molecule has 0 aliphatic heterocycles. The molecule has 0 saturated heterocycles. The van der Waals surface area contributed by atoms with Crippen molar-refractivity contribution in [3.8, 4) is 0 Å². The first-order chi connectivity index (χ1) is 7.63. The number of halogens is 2. The zero-order valence-corrected chi connectivity index (χ0v) is 12.0. The summed E-state index contributed by atoms with van der Waals surface area (Å²) in [5, 5.41) is 4.13. The predicted octanol–water partition coefficient (Wildman–Crippen LogP) is 4.51. The van der Waals surface area contributed by atoms with Gasteiger partial charge >= 0.3 is 0 Å². The summed E-state index contributed by atoms with van der Waals surface area (Å²) in [5.74, 6) is 0. The third-order valence-corrected chi connectivity index (χ3v) is 3.12. The Morgan fingerprint density at radius 1 is 1.50 bits per heavy atom. The molecule has 1 rings (SSSR count). The van der Waals surface area contributed by atoms with Gasteiger partial charge in [-0.1, -0.05) is 52.2 Å². The molecule has 0 spiro atoms. The summed E-state index contributed by atoms with van der Waals surface area (Å²) >= 11 is 9.40. The number of rotatable bonds is 5. The Labute approximate surface area is 111 Å². The van der Waals surface area contributed by atoms with Crippen LogP contribution in [0.4, 0.5) is 0 Å². The molecule has 0 heterocycles. The lowest BCUT2D eigenvalue weighted by atomic mass is 10.1. The Morgan fingerprint density at radius 2 is 2.25 bits per heavy atom. The Kier molecular flexibility index (Phi) is 6.10. The quantitative estimate of drug-likeness (QED) is 0.789. The molecule has 0 aliphatic rings. The van der Waals surface area contributed by atoms with E-state index in [0.29, 0.717) is 0 Å². The summed E-state index contributed by atoms with van der Waals surface area (Å²) in [6, 6.07) is 5.85. The van der Waals surface area contributed by atoms with E-state index >= 15 is 0 Å². The molecule has 0 fully saturated rings. The first-order valence-electron chi connectivity index (χ1n) is 5.46.